The second kappa shape index (κ2) is 5.76. The standard InChI is InChI=1S/C16H14N2O3/c1-20-10-15(19)17-12-7-8-14-13(9-12)18-16(21-14)11-5-3-2-4-6-11/h2-9H,10H2,1H3,(H,17,19). The Morgan fingerprint density at radius 3 is 2.81 bits per heavy atom. The topological polar surface area (TPSA) is 64.4 Å². The minimum Gasteiger partial charge on any atom is -0.436 e. The first kappa shape index (κ1) is 13.3. The monoisotopic (exact) mass is 282 g/mol. The van der Waals surface area contributed by atoms with Crippen molar-refractivity contribution in [3.05, 3.63) is 48.5 Å². The summed E-state index contributed by atoms with van der Waals surface area (Å²) >= 11 is 0. The minimum absolute atomic E-state index is 0.0200. The van der Waals surface area contributed by atoms with Gasteiger partial charge < -0.3 is 14.5 Å². The Kier molecular flexibility index (Phi) is 3.66. The lowest BCUT2D eigenvalue weighted by molar-refractivity contribution is -0.119. The maximum atomic E-state index is 11.5. The van der Waals surface area contributed by atoms with Crippen LogP contribution in [0.1, 0.15) is 0 Å². The molecule has 1 amide bonds. The number of oxazole rings is 1. The van der Waals surface area contributed by atoms with Gasteiger partial charge in [-0.15, -0.1) is 0 Å². The van der Waals surface area contributed by atoms with Crippen LogP contribution in [0.2, 0.25) is 0 Å². The van der Waals surface area contributed by atoms with Crippen molar-refractivity contribution in [2.75, 3.05) is 19.0 Å². The molecule has 3 rings (SSSR count). The molecule has 5 nitrogen and oxygen atoms in total. The van der Waals surface area contributed by atoms with Gasteiger partial charge in [0.25, 0.3) is 0 Å². The number of methoxy groups -OCH3 is 1. The zero-order valence-electron chi connectivity index (χ0n) is 11.5. The number of amides is 1. The van der Waals surface area contributed by atoms with Crippen LogP contribution < -0.4 is 5.32 Å². The van der Waals surface area contributed by atoms with E-state index in [0.717, 1.165) is 5.56 Å². The largest absolute Gasteiger partial charge is 0.436 e. The van der Waals surface area contributed by atoms with E-state index in [9.17, 15) is 4.79 Å². The number of aromatic nitrogens is 1. The molecule has 0 saturated heterocycles. The van der Waals surface area contributed by atoms with Crippen LogP contribution in [-0.4, -0.2) is 24.6 Å². The van der Waals surface area contributed by atoms with Gasteiger partial charge in [-0.05, 0) is 30.3 Å². The Bertz CT molecular complexity index is 766. The van der Waals surface area contributed by atoms with Gasteiger partial charge in [0.1, 0.15) is 12.1 Å². The highest BCUT2D eigenvalue weighted by molar-refractivity contribution is 5.93. The molecule has 0 aliphatic carbocycles. The van der Waals surface area contributed by atoms with Crippen molar-refractivity contribution in [2.24, 2.45) is 0 Å². The molecule has 0 saturated carbocycles. The van der Waals surface area contributed by atoms with Gasteiger partial charge in [-0.2, -0.15) is 0 Å². The van der Waals surface area contributed by atoms with Gasteiger partial charge in [0.2, 0.25) is 11.8 Å². The van der Waals surface area contributed by atoms with Crippen LogP contribution in [0.15, 0.2) is 52.9 Å². The van der Waals surface area contributed by atoms with Crippen molar-refractivity contribution in [3.8, 4) is 11.5 Å². The predicted octanol–water partition coefficient (Wildman–Crippen LogP) is 3.08. The molecule has 5 heteroatoms. The van der Waals surface area contributed by atoms with Gasteiger partial charge in [-0.1, -0.05) is 18.2 Å². The smallest absolute Gasteiger partial charge is 0.250 e. The van der Waals surface area contributed by atoms with Crippen LogP contribution in [0.5, 0.6) is 0 Å². The summed E-state index contributed by atoms with van der Waals surface area (Å²) in [5.41, 5.74) is 2.96. The highest BCUT2D eigenvalue weighted by Crippen LogP contribution is 2.25. The van der Waals surface area contributed by atoms with E-state index < -0.39 is 0 Å². The summed E-state index contributed by atoms with van der Waals surface area (Å²) in [5.74, 6) is 0.356. The van der Waals surface area contributed by atoms with Crippen molar-refractivity contribution in [3.63, 3.8) is 0 Å². The molecule has 0 atom stereocenters. The number of fused-ring (bicyclic) bond motifs is 1. The molecule has 0 aliphatic heterocycles. The zero-order chi connectivity index (χ0) is 14.7. The van der Waals surface area contributed by atoms with Crippen LogP contribution in [0.25, 0.3) is 22.6 Å². The average molecular weight is 282 g/mol. The fourth-order valence-corrected chi connectivity index (χ4v) is 2.04. The number of nitrogens with one attached hydrogen (secondary N) is 1. The molecule has 0 radical (unpaired) electrons. The molecule has 0 fully saturated rings. The molecule has 21 heavy (non-hydrogen) atoms. The number of nitrogens with zero attached hydrogens (tertiary/aromatic N) is 1. The van der Waals surface area contributed by atoms with Crippen molar-refractivity contribution in [1.29, 1.82) is 0 Å². The number of hydrogen-bond donors (Lipinski definition) is 1. The Morgan fingerprint density at radius 1 is 1.24 bits per heavy atom. The number of ether oxygens (including phenoxy) is 1. The molecular weight excluding hydrogens is 268 g/mol. The lowest BCUT2D eigenvalue weighted by Gasteiger charge is -2.03. The van der Waals surface area contributed by atoms with Crippen LogP contribution in [-0.2, 0) is 9.53 Å². The highest BCUT2D eigenvalue weighted by atomic mass is 16.5. The predicted molar refractivity (Wildman–Crippen MR) is 80.0 cm³/mol. The highest BCUT2D eigenvalue weighted by Gasteiger charge is 2.09. The first-order valence-electron chi connectivity index (χ1n) is 6.51. The van der Waals surface area contributed by atoms with E-state index in [1.807, 2.05) is 30.3 Å². The van der Waals surface area contributed by atoms with Crippen LogP contribution in [0, 0.1) is 0 Å². The SMILES string of the molecule is COCC(=O)Nc1ccc2oc(-c3ccccc3)nc2c1. The number of rotatable bonds is 4. The summed E-state index contributed by atoms with van der Waals surface area (Å²) in [7, 11) is 1.48. The summed E-state index contributed by atoms with van der Waals surface area (Å²) in [4.78, 5) is 15.9. The first-order valence-corrected chi connectivity index (χ1v) is 6.51. The van der Waals surface area contributed by atoms with Gasteiger partial charge in [0.05, 0.1) is 0 Å². The quantitative estimate of drug-likeness (QED) is 0.798. The molecule has 2 aromatic carbocycles. The third-order valence-corrected chi connectivity index (χ3v) is 2.97. The van der Waals surface area contributed by atoms with Crippen molar-refractivity contribution >= 4 is 22.7 Å². The van der Waals surface area contributed by atoms with E-state index in [-0.39, 0.29) is 12.5 Å². The first-order chi connectivity index (χ1) is 10.3. The maximum Gasteiger partial charge on any atom is 0.250 e. The summed E-state index contributed by atoms with van der Waals surface area (Å²) in [5, 5.41) is 2.74. The average Bonchev–Trinajstić information content (AvgIpc) is 2.91. The second-order valence-corrected chi connectivity index (χ2v) is 4.55. The molecular formula is C16H14N2O3. The number of carbonyl (C=O) groups excluding carboxylic acids is 1. The minimum atomic E-state index is -0.205. The third kappa shape index (κ3) is 2.93. The Balaban J connectivity index is 1.90. The van der Waals surface area contributed by atoms with E-state index in [0.29, 0.717) is 22.7 Å². The molecule has 0 spiro atoms. The van der Waals surface area contributed by atoms with Crippen molar-refractivity contribution in [2.45, 2.75) is 0 Å². The summed E-state index contributed by atoms with van der Waals surface area (Å²) in [6.07, 6.45) is 0. The van der Waals surface area contributed by atoms with Crippen molar-refractivity contribution in [1.82, 2.24) is 4.98 Å². The zero-order valence-corrected chi connectivity index (χ0v) is 11.5. The number of hydrogen-bond acceptors (Lipinski definition) is 4. The van der Waals surface area contributed by atoms with Gasteiger partial charge in [-0.25, -0.2) is 4.98 Å². The molecule has 0 aliphatic rings. The van der Waals surface area contributed by atoms with Crippen molar-refractivity contribution < 1.29 is 13.9 Å². The van der Waals surface area contributed by atoms with Gasteiger partial charge in [0.15, 0.2) is 5.58 Å². The fourth-order valence-electron chi connectivity index (χ4n) is 2.04. The van der Waals surface area contributed by atoms with Gasteiger partial charge in [-0.3, -0.25) is 4.79 Å². The van der Waals surface area contributed by atoms with E-state index in [1.165, 1.54) is 7.11 Å². The van der Waals surface area contributed by atoms with Gasteiger partial charge >= 0.3 is 0 Å². The second-order valence-electron chi connectivity index (χ2n) is 4.55. The lowest BCUT2D eigenvalue weighted by Crippen LogP contribution is -2.16. The summed E-state index contributed by atoms with van der Waals surface area (Å²) in [6.45, 7) is 0.0200. The maximum absolute atomic E-state index is 11.5. The number of carbonyl (C=O) groups is 1. The van der Waals surface area contributed by atoms with Crippen LogP contribution in [0.4, 0.5) is 5.69 Å². The van der Waals surface area contributed by atoms with Crippen LogP contribution in [0.3, 0.4) is 0 Å². The third-order valence-electron chi connectivity index (χ3n) is 2.97. The normalized spacial score (nSPS) is 10.7. The number of anilines is 1. The molecule has 1 heterocycles. The van der Waals surface area contributed by atoms with E-state index >= 15 is 0 Å². The molecule has 0 unspecified atom stereocenters. The Labute approximate surface area is 121 Å². The molecule has 1 N–H and O–H groups in total. The van der Waals surface area contributed by atoms with E-state index in [2.05, 4.69) is 10.3 Å². The summed E-state index contributed by atoms with van der Waals surface area (Å²) < 4.78 is 10.5. The van der Waals surface area contributed by atoms with E-state index in [1.54, 1.807) is 18.2 Å². The lowest BCUT2D eigenvalue weighted by atomic mass is 10.2. The Hall–Kier alpha value is -2.66. The van der Waals surface area contributed by atoms with Gasteiger partial charge in [0, 0.05) is 18.4 Å². The molecule has 0 bridgehead atoms. The fraction of sp³-hybridized carbons (Fsp3) is 0.125. The molecule has 1 aromatic heterocycles. The van der Waals surface area contributed by atoms with E-state index in [4.69, 9.17) is 9.15 Å². The Morgan fingerprint density at radius 2 is 2.05 bits per heavy atom. The molecule has 3 aromatic rings. The number of benzene rings is 2. The van der Waals surface area contributed by atoms with Crippen LogP contribution >= 0.6 is 0 Å². The molecule has 106 valence electrons. The summed E-state index contributed by atoms with van der Waals surface area (Å²) in [6, 6.07) is 15.0.